The van der Waals surface area contributed by atoms with Crippen molar-refractivity contribution in [2.24, 2.45) is 0 Å². The van der Waals surface area contributed by atoms with Gasteiger partial charge in [-0.2, -0.15) is 5.26 Å². The number of halogens is 2. The van der Waals surface area contributed by atoms with E-state index in [1.807, 2.05) is 31.2 Å². The molecule has 0 aliphatic heterocycles. The summed E-state index contributed by atoms with van der Waals surface area (Å²) in [4.78, 5) is 0. The summed E-state index contributed by atoms with van der Waals surface area (Å²) in [7, 11) is 0. The van der Waals surface area contributed by atoms with E-state index in [9.17, 15) is 9.65 Å². The van der Waals surface area contributed by atoms with Crippen LogP contribution in [0.4, 0.5) is 10.1 Å². The molecule has 2 aromatic carbocycles. The van der Waals surface area contributed by atoms with Crippen LogP contribution in [-0.4, -0.2) is 0 Å². The molecule has 19 heavy (non-hydrogen) atoms. The van der Waals surface area contributed by atoms with Gasteiger partial charge in [0.15, 0.2) is 0 Å². The third-order valence-electron chi connectivity index (χ3n) is 2.84. The van der Waals surface area contributed by atoms with Crippen LogP contribution in [-0.2, 0) is 0 Å². The molecule has 0 radical (unpaired) electrons. The molecule has 0 spiro atoms. The van der Waals surface area contributed by atoms with Gasteiger partial charge in [0.25, 0.3) is 0 Å². The second kappa shape index (κ2) is 5.73. The molecule has 0 amide bonds. The SMILES string of the molecule is Cc1ccccc1NC(C#N)c1cc(Cl)ccc1F. The summed E-state index contributed by atoms with van der Waals surface area (Å²) < 4.78 is 13.8. The molecule has 0 aromatic heterocycles. The molecule has 0 saturated carbocycles. The average molecular weight is 275 g/mol. The van der Waals surface area contributed by atoms with Gasteiger partial charge in [-0.3, -0.25) is 0 Å². The number of anilines is 1. The van der Waals surface area contributed by atoms with Crippen molar-refractivity contribution in [1.29, 1.82) is 5.26 Å². The summed E-state index contributed by atoms with van der Waals surface area (Å²) >= 11 is 5.85. The highest BCUT2D eigenvalue weighted by atomic mass is 35.5. The smallest absolute Gasteiger partial charge is 0.143 e. The van der Waals surface area contributed by atoms with Crippen LogP contribution >= 0.6 is 11.6 Å². The molecule has 2 aromatic rings. The molecule has 0 fully saturated rings. The summed E-state index contributed by atoms with van der Waals surface area (Å²) in [6.45, 7) is 1.92. The van der Waals surface area contributed by atoms with Crippen molar-refractivity contribution in [3.8, 4) is 6.07 Å². The minimum atomic E-state index is -0.778. The first-order chi connectivity index (χ1) is 9.11. The molecule has 0 aliphatic carbocycles. The molecule has 1 unspecified atom stereocenters. The minimum Gasteiger partial charge on any atom is -0.366 e. The molecule has 0 bridgehead atoms. The summed E-state index contributed by atoms with van der Waals surface area (Å²) in [6, 6.07) is 13.0. The highest BCUT2D eigenvalue weighted by molar-refractivity contribution is 6.30. The number of rotatable bonds is 3. The zero-order chi connectivity index (χ0) is 13.8. The zero-order valence-electron chi connectivity index (χ0n) is 10.3. The first-order valence-corrected chi connectivity index (χ1v) is 6.16. The average Bonchev–Trinajstić information content (AvgIpc) is 2.41. The van der Waals surface area contributed by atoms with Crippen molar-refractivity contribution < 1.29 is 4.39 Å². The van der Waals surface area contributed by atoms with Crippen LogP contribution in [0.25, 0.3) is 0 Å². The van der Waals surface area contributed by atoms with Gasteiger partial charge in [-0.05, 0) is 36.8 Å². The summed E-state index contributed by atoms with van der Waals surface area (Å²) in [5.74, 6) is -0.447. The summed E-state index contributed by atoms with van der Waals surface area (Å²) in [6.07, 6.45) is 0. The number of nitrogens with zero attached hydrogens (tertiary/aromatic N) is 1. The van der Waals surface area contributed by atoms with Gasteiger partial charge in [0.2, 0.25) is 0 Å². The van der Waals surface area contributed by atoms with E-state index in [1.165, 1.54) is 18.2 Å². The van der Waals surface area contributed by atoms with E-state index in [1.54, 1.807) is 0 Å². The molecule has 4 heteroatoms. The van der Waals surface area contributed by atoms with Crippen LogP contribution in [0.1, 0.15) is 17.2 Å². The van der Waals surface area contributed by atoms with Crippen molar-refractivity contribution in [2.75, 3.05) is 5.32 Å². The predicted molar refractivity (Wildman–Crippen MR) is 74.6 cm³/mol. The lowest BCUT2D eigenvalue weighted by molar-refractivity contribution is 0.607. The van der Waals surface area contributed by atoms with E-state index in [-0.39, 0.29) is 5.56 Å². The Morgan fingerprint density at radius 2 is 2.00 bits per heavy atom. The number of hydrogen-bond acceptors (Lipinski definition) is 2. The molecule has 2 rings (SSSR count). The molecule has 1 atom stereocenters. The van der Waals surface area contributed by atoms with Crippen molar-refractivity contribution in [1.82, 2.24) is 0 Å². The van der Waals surface area contributed by atoms with Gasteiger partial charge in [0.05, 0.1) is 6.07 Å². The second-order valence-corrected chi connectivity index (χ2v) is 4.62. The van der Waals surface area contributed by atoms with Gasteiger partial charge < -0.3 is 5.32 Å². The van der Waals surface area contributed by atoms with Gasteiger partial charge in [0, 0.05) is 16.3 Å². The number of nitrogens with one attached hydrogen (secondary N) is 1. The Bertz CT molecular complexity index is 634. The fourth-order valence-corrected chi connectivity index (χ4v) is 1.99. The third kappa shape index (κ3) is 3.04. The Kier molecular flexibility index (Phi) is 4.03. The zero-order valence-corrected chi connectivity index (χ0v) is 11.1. The third-order valence-corrected chi connectivity index (χ3v) is 3.08. The quantitative estimate of drug-likeness (QED) is 0.897. The molecule has 1 N–H and O–H groups in total. The largest absolute Gasteiger partial charge is 0.366 e. The van der Waals surface area contributed by atoms with Crippen molar-refractivity contribution in [2.45, 2.75) is 13.0 Å². The lowest BCUT2D eigenvalue weighted by Gasteiger charge is -2.16. The lowest BCUT2D eigenvalue weighted by atomic mass is 10.1. The van der Waals surface area contributed by atoms with Gasteiger partial charge in [-0.15, -0.1) is 0 Å². The van der Waals surface area contributed by atoms with Crippen LogP contribution in [0.3, 0.4) is 0 Å². The van der Waals surface area contributed by atoms with Crippen molar-refractivity contribution in [3.63, 3.8) is 0 Å². The minimum absolute atomic E-state index is 0.248. The van der Waals surface area contributed by atoms with E-state index >= 15 is 0 Å². The van der Waals surface area contributed by atoms with Gasteiger partial charge in [-0.1, -0.05) is 29.8 Å². The molecule has 96 valence electrons. The van der Waals surface area contributed by atoms with Crippen molar-refractivity contribution >= 4 is 17.3 Å². The fraction of sp³-hybridized carbons (Fsp3) is 0.133. The fourth-order valence-electron chi connectivity index (χ4n) is 1.81. The number of nitriles is 1. The Labute approximate surface area is 116 Å². The Morgan fingerprint density at radius 1 is 1.26 bits per heavy atom. The van der Waals surface area contributed by atoms with E-state index in [2.05, 4.69) is 11.4 Å². The lowest BCUT2D eigenvalue weighted by Crippen LogP contribution is -2.11. The van der Waals surface area contributed by atoms with E-state index in [0.29, 0.717) is 5.02 Å². The molecule has 0 saturated heterocycles. The van der Waals surface area contributed by atoms with Crippen LogP contribution in [0.2, 0.25) is 5.02 Å². The van der Waals surface area contributed by atoms with Crippen LogP contribution in [0, 0.1) is 24.1 Å². The van der Waals surface area contributed by atoms with Crippen LogP contribution in [0.15, 0.2) is 42.5 Å². The molecular formula is C15H12ClFN2. The maximum atomic E-state index is 13.8. The Morgan fingerprint density at radius 3 is 2.68 bits per heavy atom. The number of para-hydroxylation sites is 1. The van der Waals surface area contributed by atoms with Crippen LogP contribution < -0.4 is 5.32 Å². The van der Waals surface area contributed by atoms with E-state index in [0.717, 1.165) is 11.3 Å². The van der Waals surface area contributed by atoms with Gasteiger partial charge in [0.1, 0.15) is 11.9 Å². The van der Waals surface area contributed by atoms with E-state index < -0.39 is 11.9 Å². The number of hydrogen-bond donors (Lipinski definition) is 1. The molecule has 0 aliphatic rings. The van der Waals surface area contributed by atoms with E-state index in [4.69, 9.17) is 11.6 Å². The Balaban J connectivity index is 2.34. The summed E-state index contributed by atoms with van der Waals surface area (Å²) in [5.41, 5.74) is 2.04. The normalized spacial score (nSPS) is 11.7. The Hall–Kier alpha value is -2.05. The summed E-state index contributed by atoms with van der Waals surface area (Å²) in [5, 5.41) is 12.7. The molecule has 0 heterocycles. The number of benzene rings is 2. The van der Waals surface area contributed by atoms with Crippen molar-refractivity contribution in [3.05, 3.63) is 64.4 Å². The number of aryl methyl sites for hydroxylation is 1. The van der Waals surface area contributed by atoms with Crippen LogP contribution in [0.5, 0.6) is 0 Å². The highest BCUT2D eigenvalue weighted by Gasteiger charge is 2.16. The first kappa shape index (κ1) is 13.4. The molecule has 2 nitrogen and oxygen atoms in total. The second-order valence-electron chi connectivity index (χ2n) is 4.19. The topological polar surface area (TPSA) is 35.8 Å². The van der Waals surface area contributed by atoms with Gasteiger partial charge in [-0.25, -0.2) is 4.39 Å². The first-order valence-electron chi connectivity index (χ1n) is 5.78. The maximum Gasteiger partial charge on any atom is 0.143 e. The highest BCUT2D eigenvalue weighted by Crippen LogP contribution is 2.25. The molecular weight excluding hydrogens is 263 g/mol. The predicted octanol–water partition coefficient (Wildman–Crippen LogP) is 4.46. The maximum absolute atomic E-state index is 13.8. The standard InChI is InChI=1S/C15H12ClFN2/c1-10-4-2-3-5-14(10)19-15(9-18)12-8-11(16)6-7-13(12)17/h2-8,15,19H,1H3. The monoisotopic (exact) mass is 274 g/mol. The van der Waals surface area contributed by atoms with Gasteiger partial charge >= 0.3 is 0 Å².